The van der Waals surface area contributed by atoms with Crippen LogP contribution in [0.4, 0.5) is 0 Å². The molecule has 0 radical (unpaired) electrons. The summed E-state index contributed by atoms with van der Waals surface area (Å²) in [5.74, 6) is 2.51. The quantitative estimate of drug-likeness (QED) is 0.678. The summed E-state index contributed by atoms with van der Waals surface area (Å²) in [6, 6.07) is 17.2. The van der Waals surface area contributed by atoms with E-state index in [-0.39, 0.29) is 5.91 Å². The lowest BCUT2D eigenvalue weighted by Gasteiger charge is -2.16. The second-order valence-electron chi connectivity index (χ2n) is 8.91. The molecule has 3 heteroatoms. The van der Waals surface area contributed by atoms with Crippen molar-refractivity contribution >= 4 is 5.91 Å². The first-order chi connectivity index (χ1) is 13.6. The summed E-state index contributed by atoms with van der Waals surface area (Å²) in [5.41, 5.74) is 4.91. The van der Waals surface area contributed by atoms with Crippen molar-refractivity contribution in [2.45, 2.75) is 45.2 Å². The van der Waals surface area contributed by atoms with Crippen molar-refractivity contribution in [3.8, 4) is 11.1 Å². The van der Waals surface area contributed by atoms with Crippen LogP contribution < -0.4 is 5.32 Å². The molecule has 2 fully saturated rings. The number of nitrogens with zero attached hydrogens (tertiary/aromatic N) is 1. The van der Waals surface area contributed by atoms with E-state index in [4.69, 9.17) is 0 Å². The van der Waals surface area contributed by atoms with Crippen LogP contribution >= 0.6 is 0 Å². The molecule has 0 atom stereocenters. The second-order valence-corrected chi connectivity index (χ2v) is 8.91. The molecule has 148 valence electrons. The fourth-order valence-corrected chi connectivity index (χ4v) is 4.36. The average molecular weight is 377 g/mol. The zero-order valence-corrected chi connectivity index (χ0v) is 17.2. The second kappa shape index (κ2) is 8.48. The lowest BCUT2D eigenvalue weighted by atomic mass is 9.93. The van der Waals surface area contributed by atoms with Crippen LogP contribution in [-0.2, 0) is 17.9 Å². The van der Waals surface area contributed by atoms with Crippen molar-refractivity contribution in [2.24, 2.45) is 17.8 Å². The Hall–Kier alpha value is -2.13. The van der Waals surface area contributed by atoms with Crippen LogP contribution in [0.25, 0.3) is 11.1 Å². The van der Waals surface area contributed by atoms with Crippen LogP contribution in [0.1, 0.15) is 43.2 Å². The van der Waals surface area contributed by atoms with E-state index in [9.17, 15) is 4.79 Å². The van der Waals surface area contributed by atoms with Gasteiger partial charge in [-0.3, -0.25) is 4.79 Å². The molecule has 0 unspecified atom stereocenters. The smallest absolute Gasteiger partial charge is 0.220 e. The highest BCUT2D eigenvalue weighted by atomic mass is 16.1. The Morgan fingerprint density at radius 1 is 1.00 bits per heavy atom. The van der Waals surface area contributed by atoms with E-state index < -0.39 is 0 Å². The first kappa shape index (κ1) is 19.2. The van der Waals surface area contributed by atoms with Crippen LogP contribution in [0.2, 0.25) is 0 Å². The molecule has 3 nitrogen and oxygen atoms in total. The Morgan fingerprint density at radius 2 is 1.64 bits per heavy atom. The molecule has 2 aromatic carbocycles. The molecule has 0 heterocycles. The Morgan fingerprint density at radius 3 is 2.25 bits per heavy atom. The summed E-state index contributed by atoms with van der Waals surface area (Å²) in [6.45, 7) is 1.55. The number of hydrogen-bond donors (Lipinski definition) is 1. The van der Waals surface area contributed by atoms with Gasteiger partial charge in [-0.1, -0.05) is 48.5 Å². The zero-order chi connectivity index (χ0) is 19.5. The van der Waals surface area contributed by atoms with Crippen molar-refractivity contribution in [1.82, 2.24) is 10.2 Å². The molecule has 2 aromatic rings. The lowest BCUT2D eigenvalue weighted by Crippen LogP contribution is -2.26. The number of benzene rings is 2. The van der Waals surface area contributed by atoms with Crippen molar-refractivity contribution in [2.75, 3.05) is 14.1 Å². The van der Waals surface area contributed by atoms with Crippen LogP contribution in [0.15, 0.2) is 48.5 Å². The Bertz CT molecular complexity index is 792. The molecule has 0 aliphatic heterocycles. The summed E-state index contributed by atoms with van der Waals surface area (Å²) in [5, 5.41) is 3.20. The highest BCUT2D eigenvalue weighted by molar-refractivity contribution is 5.77. The Labute approximate surface area is 169 Å². The standard InChI is InChI=1S/C25H32N2O/c1-27(2)17-18-7-9-19(10-8-18)23-6-4-3-5-22(23)16-26-25(28)15-24(20-11-12-20)21-13-14-21/h3-10,20-21,24H,11-17H2,1-2H3,(H,26,28). The maximum Gasteiger partial charge on any atom is 0.220 e. The third kappa shape index (κ3) is 5.02. The lowest BCUT2D eigenvalue weighted by molar-refractivity contribution is -0.122. The highest BCUT2D eigenvalue weighted by Crippen LogP contribution is 2.50. The van der Waals surface area contributed by atoms with E-state index in [2.05, 4.69) is 72.8 Å². The molecule has 2 aliphatic carbocycles. The topological polar surface area (TPSA) is 32.3 Å². The monoisotopic (exact) mass is 376 g/mol. The summed E-state index contributed by atoms with van der Waals surface area (Å²) >= 11 is 0. The van der Waals surface area contributed by atoms with Gasteiger partial charge in [0.25, 0.3) is 0 Å². The molecule has 2 saturated carbocycles. The normalized spacial score (nSPS) is 16.6. The minimum atomic E-state index is 0.222. The summed E-state index contributed by atoms with van der Waals surface area (Å²) in [6.07, 6.45) is 6.06. The Balaban J connectivity index is 1.39. The van der Waals surface area contributed by atoms with Gasteiger partial charge in [-0.2, -0.15) is 0 Å². The van der Waals surface area contributed by atoms with Crippen LogP contribution in [0.5, 0.6) is 0 Å². The fourth-order valence-electron chi connectivity index (χ4n) is 4.36. The van der Waals surface area contributed by atoms with Crippen molar-refractivity contribution in [3.63, 3.8) is 0 Å². The number of nitrogens with one attached hydrogen (secondary N) is 1. The van der Waals surface area contributed by atoms with Crippen molar-refractivity contribution in [3.05, 3.63) is 59.7 Å². The fraction of sp³-hybridized carbons (Fsp3) is 0.480. The van der Waals surface area contributed by atoms with E-state index in [0.717, 1.165) is 24.8 Å². The molecule has 1 amide bonds. The first-order valence-electron chi connectivity index (χ1n) is 10.7. The number of carbonyl (C=O) groups excluding carboxylic acids is 1. The minimum Gasteiger partial charge on any atom is -0.352 e. The van der Waals surface area contributed by atoms with E-state index in [1.165, 1.54) is 47.9 Å². The predicted octanol–water partition coefficient (Wildman–Crippen LogP) is 4.86. The van der Waals surface area contributed by atoms with Crippen LogP contribution in [0.3, 0.4) is 0 Å². The van der Waals surface area contributed by atoms with E-state index in [0.29, 0.717) is 12.5 Å². The van der Waals surface area contributed by atoms with Gasteiger partial charge < -0.3 is 10.2 Å². The minimum absolute atomic E-state index is 0.222. The molecule has 0 aromatic heterocycles. The summed E-state index contributed by atoms with van der Waals surface area (Å²) in [7, 11) is 4.17. The molecular formula is C25H32N2O. The molecule has 28 heavy (non-hydrogen) atoms. The third-order valence-corrected chi connectivity index (χ3v) is 6.13. The SMILES string of the molecule is CN(C)Cc1ccc(-c2ccccc2CNC(=O)CC(C2CC2)C2CC2)cc1. The third-order valence-electron chi connectivity index (χ3n) is 6.13. The maximum absolute atomic E-state index is 12.6. The zero-order valence-electron chi connectivity index (χ0n) is 17.2. The molecule has 0 bridgehead atoms. The number of amides is 1. The first-order valence-corrected chi connectivity index (χ1v) is 10.7. The number of rotatable bonds is 9. The van der Waals surface area contributed by atoms with Gasteiger partial charge in [-0.25, -0.2) is 0 Å². The van der Waals surface area contributed by atoms with E-state index in [1.807, 2.05) is 0 Å². The van der Waals surface area contributed by atoms with Gasteiger partial charge >= 0.3 is 0 Å². The van der Waals surface area contributed by atoms with Gasteiger partial charge in [0.1, 0.15) is 0 Å². The van der Waals surface area contributed by atoms with Gasteiger partial charge in [-0.15, -0.1) is 0 Å². The number of carbonyl (C=O) groups is 1. The highest BCUT2D eigenvalue weighted by Gasteiger charge is 2.42. The molecule has 4 rings (SSSR count). The van der Waals surface area contributed by atoms with Crippen molar-refractivity contribution < 1.29 is 4.79 Å². The predicted molar refractivity (Wildman–Crippen MR) is 115 cm³/mol. The van der Waals surface area contributed by atoms with Crippen LogP contribution in [0, 0.1) is 17.8 Å². The number of hydrogen-bond acceptors (Lipinski definition) is 2. The Kier molecular flexibility index (Phi) is 5.82. The van der Waals surface area contributed by atoms with E-state index >= 15 is 0 Å². The molecule has 2 aliphatic rings. The van der Waals surface area contributed by atoms with Crippen LogP contribution in [-0.4, -0.2) is 24.9 Å². The molecule has 0 spiro atoms. The van der Waals surface area contributed by atoms with E-state index in [1.54, 1.807) is 0 Å². The van der Waals surface area contributed by atoms with Crippen molar-refractivity contribution in [1.29, 1.82) is 0 Å². The molecule has 0 saturated heterocycles. The molecular weight excluding hydrogens is 344 g/mol. The maximum atomic E-state index is 12.6. The summed E-state index contributed by atoms with van der Waals surface area (Å²) < 4.78 is 0. The summed E-state index contributed by atoms with van der Waals surface area (Å²) in [4.78, 5) is 14.7. The van der Waals surface area contributed by atoms with Gasteiger partial charge in [-0.05, 0) is 79.8 Å². The average Bonchev–Trinajstić information content (AvgIpc) is 3.58. The largest absolute Gasteiger partial charge is 0.352 e. The van der Waals surface area contributed by atoms with Gasteiger partial charge in [0.05, 0.1) is 0 Å². The van der Waals surface area contributed by atoms with Gasteiger partial charge in [0.2, 0.25) is 5.91 Å². The molecule has 1 N–H and O–H groups in total. The van der Waals surface area contributed by atoms with Gasteiger partial charge in [0, 0.05) is 19.5 Å². The van der Waals surface area contributed by atoms with Gasteiger partial charge in [0.15, 0.2) is 0 Å².